The van der Waals surface area contributed by atoms with Crippen LogP contribution >= 0.6 is 0 Å². The molecule has 0 aromatic heterocycles. The summed E-state index contributed by atoms with van der Waals surface area (Å²) < 4.78 is 54.4. The van der Waals surface area contributed by atoms with E-state index >= 15 is 0 Å². The number of halogens is 4. The molecule has 0 aliphatic heterocycles. The fourth-order valence-corrected chi connectivity index (χ4v) is 2.98. The van der Waals surface area contributed by atoms with Crippen LogP contribution in [0.2, 0.25) is 0 Å². The van der Waals surface area contributed by atoms with Crippen molar-refractivity contribution in [3.63, 3.8) is 0 Å². The molecule has 0 saturated heterocycles. The molecule has 1 saturated carbocycles. The normalized spacial score (nSPS) is 14.5. The van der Waals surface area contributed by atoms with Gasteiger partial charge in [0.2, 0.25) is 11.8 Å². The van der Waals surface area contributed by atoms with Crippen LogP contribution in [0.15, 0.2) is 55.1 Å². The van der Waals surface area contributed by atoms with E-state index in [1.807, 2.05) is 0 Å². The van der Waals surface area contributed by atoms with Crippen LogP contribution in [-0.4, -0.2) is 18.2 Å². The van der Waals surface area contributed by atoms with Crippen molar-refractivity contribution >= 4 is 23.2 Å². The summed E-state index contributed by atoms with van der Waals surface area (Å²) in [6.45, 7) is 3.29. The second-order valence-corrected chi connectivity index (χ2v) is 6.99. The topological polar surface area (TPSA) is 67.4 Å². The molecule has 30 heavy (non-hydrogen) atoms. The molecule has 2 amide bonds. The quantitative estimate of drug-likeness (QED) is 0.497. The van der Waals surface area contributed by atoms with Gasteiger partial charge in [0, 0.05) is 5.69 Å². The Bertz CT molecular complexity index is 967. The van der Waals surface area contributed by atoms with Crippen LogP contribution in [0.1, 0.15) is 18.4 Å². The number of carbonyl (C=O) groups is 2. The molecule has 2 aromatic rings. The van der Waals surface area contributed by atoms with Crippen LogP contribution in [0.3, 0.4) is 0 Å². The number of alkyl halides is 3. The van der Waals surface area contributed by atoms with Gasteiger partial charge in [-0.1, -0.05) is 18.7 Å². The molecule has 0 heterocycles. The van der Waals surface area contributed by atoms with Crippen LogP contribution in [0.25, 0.3) is 0 Å². The second-order valence-electron chi connectivity index (χ2n) is 6.99. The van der Waals surface area contributed by atoms with E-state index in [0.717, 1.165) is 12.1 Å². The molecule has 9 heteroatoms. The van der Waals surface area contributed by atoms with Gasteiger partial charge in [-0.15, -0.1) is 13.2 Å². The van der Waals surface area contributed by atoms with Gasteiger partial charge in [0.1, 0.15) is 11.6 Å². The summed E-state index contributed by atoms with van der Waals surface area (Å²) in [4.78, 5) is 24.1. The lowest BCUT2D eigenvalue weighted by Gasteiger charge is -2.17. The Morgan fingerprint density at radius 3 is 2.33 bits per heavy atom. The monoisotopic (exact) mass is 422 g/mol. The Labute approximate surface area is 169 Å². The second kappa shape index (κ2) is 8.17. The van der Waals surface area contributed by atoms with Crippen LogP contribution in [-0.2, 0) is 16.0 Å². The number of nitrogens with one attached hydrogen (secondary N) is 2. The van der Waals surface area contributed by atoms with Gasteiger partial charge in [-0.3, -0.25) is 9.59 Å². The fourth-order valence-electron chi connectivity index (χ4n) is 2.98. The molecule has 2 aromatic carbocycles. The maximum absolute atomic E-state index is 13.8. The van der Waals surface area contributed by atoms with E-state index in [-0.39, 0.29) is 17.3 Å². The Morgan fingerprint density at radius 2 is 1.77 bits per heavy atom. The number of anilines is 2. The van der Waals surface area contributed by atoms with E-state index in [1.54, 1.807) is 0 Å². The summed E-state index contributed by atoms with van der Waals surface area (Å²) >= 11 is 0. The molecule has 0 radical (unpaired) electrons. The molecule has 0 unspecified atom stereocenters. The molecule has 2 N–H and O–H groups in total. The number of carbonyl (C=O) groups excluding carboxylic acids is 2. The predicted molar refractivity (Wildman–Crippen MR) is 102 cm³/mol. The van der Waals surface area contributed by atoms with Crippen molar-refractivity contribution in [3.8, 4) is 5.75 Å². The third-order valence-corrected chi connectivity index (χ3v) is 4.70. The van der Waals surface area contributed by atoms with Gasteiger partial charge < -0.3 is 15.4 Å². The summed E-state index contributed by atoms with van der Waals surface area (Å²) in [7, 11) is 0. The standard InChI is InChI=1S/C21H18F4N2O3/c1-2-18(28)27-17-11-14(5-8-16(17)22)26-19(29)20(9-10-20)12-13-3-6-15(7-4-13)30-21(23,24)25/h2-8,11H,1,9-10,12H2,(H,26,29)(H,27,28). The Balaban J connectivity index is 1.66. The zero-order valence-corrected chi connectivity index (χ0v) is 15.7. The highest BCUT2D eigenvalue weighted by Gasteiger charge is 2.49. The van der Waals surface area contributed by atoms with E-state index in [4.69, 9.17) is 0 Å². The van der Waals surface area contributed by atoms with Gasteiger partial charge >= 0.3 is 6.36 Å². The number of benzene rings is 2. The molecule has 1 aliphatic rings. The fraction of sp³-hybridized carbons (Fsp3) is 0.238. The first-order valence-corrected chi connectivity index (χ1v) is 8.99. The average molecular weight is 422 g/mol. The maximum atomic E-state index is 13.8. The summed E-state index contributed by atoms with van der Waals surface area (Å²) in [6.07, 6.45) is -2.21. The lowest BCUT2D eigenvalue weighted by molar-refractivity contribution is -0.274. The first kappa shape index (κ1) is 21.4. The van der Waals surface area contributed by atoms with Gasteiger partial charge in [0.05, 0.1) is 11.1 Å². The van der Waals surface area contributed by atoms with E-state index < -0.39 is 23.5 Å². The SMILES string of the molecule is C=CC(=O)Nc1cc(NC(=O)C2(Cc3ccc(OC(F)(F)F)cc3)CC2)ccc1F. The van der Waals surface area contributed by atoms with Crippen LogP contribution in [0, 0.1) is 11.2 Å². The van der Waals surface area contributed by atoms with E-state index in [2.05, 4.69) is 21.9 Å². The van der Waals surface area contributed by atoms with E-state index in [0.29, 0.717) is 30.5 Å². The molecule has 0 bridgehead atoms. The van der Waals surface area contributed by atoms with E-state index in [1.165, 1.54) is 36.4 Å². The zero-order valence-electron chi connectivity index (χ0n) is 15.7. The molecule has 0 spiro atoms. The highest BCUT2D eigenvalue weighted by Crippen LogP contribution is 2.49. The molecule has 158 valence electrons. The van der Waals surface area contributed by atoms with Gasteiger partial charge in [0.15, 0.2) is 0 Å². The van der Waals surface area contributed by atoms with Gasteiger partial charge in [0.25, 0.3) is 0 Å². The Morgan fingerprint density at radius 1 is 1.10 bits per heavy atom. The minimum atomic E-state index is -4.77. The smallest absolute Gasteiger partial charge is 0.406 e. The van der Waals surface area contributed by atoms with E-state index in [9.17, 15) is 27.2 Å². The number of rotatable bonds is 7. The largest absolute Gasteiger partial charge is 0.573 e. The molecule has 3 rings (SSSR count). The Kier molecular flexibility index (Phi) is 5.82. The first-order chi connectivity index (χ1) is 14.1. The third-order valence-electron chi connectivity index (χ3n) is 4.70. The van der Waals surface area contributed by atoms with Crippen LogP contribution in [0.4, 0.5) is 28.9 Å². The molecule has 0 atom stereocenters. The highest BCUT2D eigenvalue weighted by molar-refractivity contribution is 6.01. The summed E-state index contributed by atoms with van der Waals surface area (Å²) in [6, 6.07) is 9.15. The summed E-state index contributed by atoms with van der Waals surface area (Å²) in [5.74, 6) is -1.87. The number of hydrogen-bond acceptors (Lipinski definition) is 3. The maximum Gasteiger partial charge on any atom is 0.573 e. The van der Waals surface area contributed by atoms with Gasteiger partial charge in [-0.25, -0.2) is 4.39 Å². The van der Waals surface area contributed by atoms with Gasteiger partial charge in [-0.2, -0.15) is 0 Å². The average Bonchev–Trinajstić information content (AvgIpc) is 3.45. The van der Waals surface area contributed by atoms with Crippen molar-refractivity contribution in [2.75, 3.05) is 10.6 Å². The highest BCUT2D eigenvalue weighted by atomic mass is 19.4. The third kappa shape index (κ3) is 5.37. The molecular formula is C21H18F4N2O3. The Hall–Kier alpha value is -3.36. The molecule has 1 fully saturated rings. The minimum absolute atomic E-state index is 0.0946. The van der Waals surface area contributed by atoms with Crippen molar-refractivity contribution < 1.29 is 31.9 Å². The first-order valence-electron chi connectivity index (χ1n) is 8.99. The lowest BCUT2D eigenvalue weighted by atomic mass is 9.95. The van der Waals surface area contributed by atoms with Crippen LogP contribution < -0.4 is 15.4 Å². The number of ether oxygens (including phenoxy) is 1. The van der Waals surface area contributed by atoms with Crippen molar-refractivity contribution in [3.05, 3.63) is 66.5 Å². The molecular weight excluding hydrogens is 404 g/mol. The van der Waals surface area contributed by atoms with Gasteiger partial charge in [-0.05, 0) is 61.2 Å². The van der Waals surface area contributed by atoms with Crippen LogP contribution in [0.5, 0.6) is 5.75 Å². The van der Waals surface area contributed by atoms with Crippen molar-refractivity contribution in [2.45, 2.75) is 25.6 Å². The summed E-state index contributed by atoms with van der Waals surface area (Å²) in [5.41, 5.74) is 0.213. The summed E-state index contributed by atoms with van der Waals surface area (Å²) in [5, 5.41) is 5.02. The minimum Gasteiger partial charge on any atom is -0.406 e. The number of hydrogen-bond donors (Lipinski definition) is 2. The zero-order chi connectivity index (χ0) is 21.9. The lowest BCUT2D eigenvalue weighted by Crippen LogP contribution is -2.26. The predicted octanol–water partition coefficient (Wildman–Crippen LogP) is 4.81. The van der Waals surface area contributed by atoms with Crippen molar-refractivity contribution in [1.82, 2.24) is 0 Å². The molecule has 5 nitrogen and oxygen atoms in total. The van der Waals surface area contributed by atoms with Crippen molar-refractivity contribution in [2.24, 2.45) is 5.41 Å². The van der Waals surface area contributed by atoms with Crippen molar-refractivity contribution in [1.29, 1.82) is 0 Å². The molecule has 1 aliphatic carbocycles. The number of amides is 2.